The van der Waals surface area contributed by atoms with E-state index in [9.17, 15) is 4.79 Å². The summed E-state index contributed by atoms with van der Waals surface area (Å²) in [4.78, 5) is 30.2. The van der Waals surface area contributed by atoms with Crippen LogP contribution < -0.4 is 11.1 Å². The van der Waals surface area contributed by atoms with Crippen LogP contribution in [0.1, 0.15) is 40.8 Å². The molecule has 0 bridgehead atoms. The van der Waals surface area contributed by atoms with E-state index in [0.717, 1.165) is 48.0 Å². The van der Waals surface area contributed by atoms with E-state index in [1.165, 1.54) is 6.26 Å². The van der Waals surface area contributed by atoms with E-state index in [0.29, 0.717) is 23.0 Å². The lowest BCUT2D eigenvalue weighted by Crippen LogP contribution is -2.26. The molecule has 0 aliphatic carbocycles. The highest BCUT2D eigenvalue weighted by atomic mass is 16.3. The smallest absolute Gasteiger partial charge is 0.197 e. The molecule has 156 valence electrons. The summed E-state index contributed by atoms with van der Waals surface area (Å²) < 4.78 is 5.60. The Morgan fingerprint density at radius 1 is 1.06 bits per heavy atom. The van der Waals surface area contributed by atoms with Gasteiger partial charge in [0.05, 0.1) is 23.8 Å². The third-order valence-electron chi connectivity index (χ3n) is 5.55. The normalized spacial score (nSPS) is 14.7. The fraction of sp³-hybridized carbons (Fsp3) is 0.261. The Balaban J connectivity index is 1.36. The Bertz CT molecular complexity index is 1250. The minimum atomic E-state index is -0.111. The van der Waals surface area contributed by atoms with Gasteiger partial charge in [-0.25, -0.2) is 4.98 Å². The molecule has 8 heteroatoms. The van der Waals surface area contributed by atoms with Gasteiger partial charge in [-0.1, -0.05) is 0 Å². The van der Waals surface area contributed by atoms with Gasteiger partial charge in [0, 0.05) is 46.7 Å². The summed E-state index contributed by atoms with van der Waals surface area (Å²) in [5, 5.41) is 4.22. The molecule has 1 fully saturated rings. The highest BCUT2D eigenvalue weighted by molar-refractivity contribution is 5.95. The molecule has 4 aromatic heterocycles. The number of anilines is 1. The first-order valence-corrected chi connectivity index (χ1v) is 10.3. The summed E-state index contributed by atoms with van der Waals surface area (Å²) in [6, 6.07) is 5.74. The number of piperidine rings is 1. The third kappa shape index (κ3) is 4.15. The lowest BCUT2D eigenvalue weighted by Gasteiger charge is -2.19. The Labute approximate surface area is 179 Å². The topological polar surface area (TPSA) is 120 Å². The molecule has 3 N–H and O–H groups in total. The van der Waals surface area contributed by atoms with E-state index in [-0.39, 0.29) is 18.1 Å². The molecule has 1 aliphatic rings. The second-order valence-electron chi connectivity index (χ2n) is 7.79. The number of hydrogen-bond acceptors (Lipinski definition) is 8. The van der Waals surface area contributed by atoms with Gasteiger partial charge < -0.3 is 15.5 Å². The van der Waals surface area contributed by atoms with Crippen molar-refractivity contribution in [1.82, 2.24) is 25.3 Å². The standard InChI is InChI=1S/C23H22N6O2/c24-18-6-17(9-26-11-18)16-5-15-7-19(27-12-20(15)28-10-16)8-22(30)21-13-31-23(29-21)14-1-3-25-4-2-14/h5-7,9-14,25H,1-4,8,24H2. The highest BCUT2D eigenvalue weighted by Gasteiger charge is 2.22. The van der Waals surface area contributed by atoms with Gasteiger partial charge in [0.2, 0.25) is 0 Å². The van der Waals surface area contributed by atoms with Crippen molar-refractivity contribution < 1.29 is 9.21 Å². The molecule has 8 nitrogen and oxygen atoms in total. The van der Waals surface area contributed by atoms with Gasteiger partial charge in [-0.2, -0.15) is 0 Å². The number of nitrogens with two attached hydrogens (primary N) is 1. The van der Waals surface area contributed by atoms with Gasteiger partial charge in [0.15, 0.2) is 11.7 Å². The molecule has 0 radical (unpaired) electrons. The second kappa shape index (κ2) is 8.23. The molecule has 0 unspecified atom stereocenters. The van der Waals surface area contributed by atoms with Crippen molar-refractivity contribution in [3.05, 3.63) is 66.5 Å². The maximum atomic E-state index is 12.8. The minimum Gasteiger partial charge on any atom is -0.448 e. The number of hydrogen-bond donors (Lipinski definition) is 2. The van der Waals surface area contributed by atoms with Crippen molar-refractivity contribution in [2.75, 3.05) is 18.8 Å². The fourth-order valence-corrected chi connectivity index (χ4v) is 3.87. The van der Waals surface area contributed by atoms with Crippen LogP contribution in [0.15, 0.2) is 53.7 Å². The van der Waals surface area contributed by atoms with Crippen molar-refractivity contribution in [2.45, 2.75) is 25.2 Å². The number of carbonyl (C=O) groups excluding carboxylic acids is 1. The number of oxazole rings is 1. The molecule has 31 heavy (non-hydrogen) atoms. The van der Waals surface area contributed by atoms with E-state index in [2.05, 4.69) is 25.3 Å². The average Bonchev–Trinajstić information content (AvgIpc) is 3.30. The minimum absolute atomic E-state index is 0.111. The first-order chi connectivity index (χ1) is 15.2. The Morgan fingerprint density at radius 2 is 1.90 bits per heavy atom. The zero-order valence-corrected chi connectivity index (χ0v) is 16.9. The lowest BCUT2D eigenvalue weighted by molar-refractivity contribution is 0.0987. The van der Waals surface area contributed by atoms with Gasteiger partial charge in [-0.3, -0.25) is 19.7 Å². The van der Waals surface area contributed by atoms with Crippen molar-refractivity contribution in [1.29, 1.82) is 0 Å². The fourth-order valence-electron chi connectivity index (χ4n) is 3.87. The van der Waals surface area contributed by atoms with E-state index in [1.54, 1.807) is 24.8 Å². The number of fused-ring (bicyclic) bond motifs is 1. The molecule has 0 saturated carbocycles. The number of carbonyl (C=O) groups is 1. The molecule has 5 heterocycles. The largest absolute Gasteiger partial charge is 0.448 e. The van der Waals surface area contributed by atoms with Crippen LogP contribution >= 0.6 is 0 Å². The Morgan fingerprint density at radius 3 is 2.74 bits per heavy atom. The molecule has 4 aromatic rings. The number of nitrogens with zero attached hydrogens (tertiary/aromatic N) is 4. The SMILES string of the molecule is Nc1cncc(-c2cnc3cnc(CC(=O)c4coc(C5CCNCC5)n4)cc3c2)c1. The number of aromatic nitrogens is 4. The van der Waals surface area contributed by atoms with Gasteiger partial charge in [0.25, 0.3) is 0 Å². The van der Waals surface area contributed by atoms with Crippen LogP contribution in [0.3, 0.4) is 0 Å². The molecule has 0 atom stereocenters. The van der Waals surface area contributed by atoms with Crippen LogP contribution in [0, 0.1) is 0 Å². The maximum absolute atomic E-state index is 12.8. The monoisotopic (exact) mass is 414 g/mol. The van der Waals surface area contributed by atoms with Crippen LogP contribution in [0.4, 0.5) is 5.69 Å². The zero-order valence-electron chi connectivity index (χ0n) is 16.9. The molecule has 0 spiro atoms. The van der Waals surface area contributed by atoms with Gasteiger partial charge in [-0.15, -0.1) is 0 Å². The number of nitrogen functional groups attached to an aromatic ring is 1. The zero-order chi connectivity index (χ0) is 21.2. The van der Waals surface area contributed by atoms with Crippen LogP contribution in [0.2, 0.25) is 0 Å². The quantitative estimate of drug-likeness (QED) is 0.478. The first kappa shape index (κ1) is 19.3. The average molecular weight is 414 g/mol. The summed E-state index contributed by atoms with van der Waals surface area (Å²) in [6.45, 7) is 1.89. The predicted octanol–water partition coefficient (Wildman–Crippen LogP) is 3.15. The summed E-state index contributed by atoms with van der Waals surface area (Å²) in [7, 11) is 0. The van der Waals surface area contributed by atoms with Crippen LogP contribution in [0.5, 0.6) is 0 Å². The molecule has 0 amide bonds. The van der Waals surface area contributed by atoms with Crippen LogP contribution in [0.25, 0.3) is 22.0 Å². The van der Waals surface area contributed by atoms with Crippen molar-refractivity contribution in [3.63, 3.8) is 0 Å². The Hall–Kier alpha value is -3.65. The van der Waals surface area contributed by atoms with E-state index < -0.39 is 0 Å². The predicted molar refractivity (Wildman–Crippen MR) is 117 cm³/mol. The van der Waals surface area contributed by atoms with Crippen LogP contribution in [-0.4, -0.2) is 38.8 Å². The lowest BCUT2D eigenvalue weighted by atomic mass is 9.98. The number of ketones is 1. The van der Waals surface area contributed by atoms with E-state index >= 15 is 0 Å². The second-order valence-corrected chi connectivity index (χ2v) is 7.79. The van der Waals surface area contributed by atoms with Crippen LogP contribution in [-0.2, 0) is 6.42 Å². The molecule has 1 saturated heterocycles. The molecular weight excluding hydrogens is 392 g/mol. The van der Waals surface area contributed by atoms with Gasteiger partial charge >= 0.3 is 0 Å². The summed E-state index contributed by atoms with van der Waals surface area (Å²) >= 11 is 0. The van der Waals surface area contributed by atoms with Gasteiger partial charge in [0.1, 0.15) is 12.0 Å². The Kier molecular flexibility index (Phi) is 5.13. The summed E-state index contributed by atoms with van der Waals surface area (Å²) in [5.74, 6) is 0.813. The maximum Gasteiger partial charge on any atom is 0.197 e. The first-order valence-electron chi connectivity index (χ1n) is 10.3. The summed E-state index contributed by atoms with van der Waals surface area (Å²) in [6.07, 6.45) is 10.4. The number of Topliss-reactive ketones (excluding diaryl/α,β-unsaturated/α-hetero) is 1. The number of pyridine rings is 3. The van der Waals surface area contributed by atoms with Crippen molar-refractivity contribution in [3.8, 4) is 11.1 Å². The van der Waals surface area contributed by atoms with Crippen molar-refractivity contribution >= 4 is 22.4 Å². The van der Waals surface area contributed by atoms with E-state index in [4.69, 9.17) is 10.2 Å². The van der Waals surface area contributed by atoms with Crippen molar-refractivity contribution in [2.24, 2.45) is 0 Å². The molecule has 1 aliphatic heterocycles. The van der Waals surface area contributed by atoms with E-state index in [1.807, 2.05) is 18.2 Å². The molecular formula is C23H22N6O2. The molecule has 0 aromatic carbocycles. The van der Waals surface area contributed by atoms with Gasteiger partial charge in [-0.05, 0) is 44.1 Å². The highest BCUT2D eigenvalue weighted by Crippen LogP contribution is 2.26. The number of nitrogens with one attached hydrogen (secondary N) is 1. The summed E-state index contributed by atoms with van der Waals surface area (Å²) in [5.41, 5.74) is 10.00. The molecule has 5 rings (SSSR count). The number of rotatable bonds is 5. The third-order valence-corrected chi connectivity index (χ3v) is 5.55.